The maximum Gasteiger partial charge on any atom is 0.220 e. The number of nitrogens with zero attached hydrogens (tertiary/aromatic N) is 6. The van der Waals surface area contributed by atoms with Gasteiger partial charge in [-0.2, -0.15) is 4.52 Å². The highest BCUT2D eigenvalue weighted by Gasteiger charge is 2.20. The molecule has 0 atom stereocenters. The van der Waals surface area contributed by atoms with Crippen molar-refractivity contribution in [2.24, 2.45) is 0 Å². The number of aryl methyl sites for hydroxylation is 1. The summed E-state index contributed by atoms with van der Waals surface area (Å²) >= 11 is 0. The Kier molecular flexibility index (Phi) is 6.20. The SMILES string of the molecule is COc1cccc(N2CCN(c3ccc4nnc(CCC(=O)NC(C)C)n4n3)CC2)c1. The van der Waals surface area contributed by atoms with Gasteiger partial charge in [0.1, 0.15) is 11.6 Å². The fraction of sp³-hybridized carbons (Fsp3) is 0.455. The minimum absolute atomic E-state index is 0.0107. The molecule has 1 aliphatic rings. The number of aromatic nitrogens is 4. The van der Waals surface area contributed by atoms with Gasteiger partial charge in [0.25, 0.3) is 0 Å². The van der Waals surface area contributed by atoms with Crippen LogP contribution in [0.2, 0.25) is 0 Å². The lowest BCUT2D eigenvalue weighted by Crippen LogP contribution is -2.47. The molecule has 31 heavy (non-hydrogen) atoms. The zero-order valence-electron chi connectivity index (χ0n) is 18.3. The van der Waals surface area contributed by atoms with Gasteiger partial charge in [0.05, 0.1) is 7.11 Å². The van der Waals surface area contributed by atoms with Gasteiger partial charge in [-0.15, -0.1) is 15.3 Å². The molecule has 3 aromatic rings. The summed E-state index contributed by atoms with van der Waals surface area (Å²) < 4.78 is 7.10. The number of nitrogens with one attached hydrogen (secondary N) is 1. The lowest BCUT2D eigenvalue weighted by atomic mass is 10.2. The molecule has 0 saturated carbocycles. The molecule has 0 bridgehead atoms. The number of ether oxygens (including phenoxy) is 1. The predicted molar refractivity (Wildman–Crippen MR) is 120 cm³/mol. The Balaban J connectivity index is 1.42. The van der Waals surface area contributed by atoms with E-state index in [0.717, 1.165) is 37.7 Å². The largest absolute Gasteiger partial charge is 0.497 e. The molecule has 1 saturated heterocycles. The van der Waals surface area contributed by atoms with Gasteiger partial charge >= 0.3 is 0 Å². The first-order valence-electron chi connectivity index (χ1n) is 10.7. The van der Waals surface area contributed by atoms with Crippen molar-refractivity contribution in [1.29, 1.82) is 0 Å². The Bertz CT molecular complexity index is 1040. The highest BCUT2D eigenvalue weighted by atomic mass is 16.5. The number of carbonyl (C=O) groups is 1. The van der Waals surface area contributed by atoms with Gasteiger partial charge < -0.3 is 19.9 Å². The van der Waals surface area contributed by atoms with E-state index in [1.165, 1.54) is 5.69 Å². The summed E-state index contributed by atoms with van der Waals surface area (Å²) in [6.07, 6.45) is 0.865. The van der Waals surface area contributed by atoms with Crippen molar-refractivity contribution in [2.45, 2.75) is 32.7 Å². The van der Waals surface area contributed by atoms with E-state index in [9.17, 15) is 4.79 Å². The van der Waals surface area contributed by atoms with E-state index in [1.807, 2.05) is 38.1 Å². The molecule has 0 spiro atoms. The third-order valence-electron chi connectivity index (χ3n) is 5.36. The molecule has 9 heteroatoms. The summed E-state index contributed by atoms with van der Waals surface area (Å²) in [4.78, 5) is 16.6. The predicted octanol–water partition coefficient (Wildman–Crippen LogP) is 1.92. The number of hydrogen-bond donors (Lipinski definition) is 1. The zero-order valence-corrected chi connectivity index (χ0v) is 18.3. The number of carbonyl (C=O) groups excluding carboxylic acids is 1. The van der Waals surface area contributed by atoms with Crippen LogP contribution in [0.3, 0.4) is 0 Å². The fourth-order valence-electron chi connectivity index (χ4n) is 3.77. The van der Waals surface area contributed by atoms with E-state index in [4.69, 9.17) is 9.84 Å². The van der Waals surface area contributed by atoms with Crippen LogP contribution in [0.5, 0.6) is 5.75 Å². The topological polar surface area (TPSA) is 87.9 Å². The molecule has 0 aliphatic carbocycles. The number of amides is 1. The van der Waals surface area contributed by atoms with Crippen molar-refractivity contribution < 1.29 is 9.53 Å². The maximum atomic E-state index is 12.0. The van der Waals surface area contributed by atoms with Crippen LogP contribution in [0, 0.1) is 0 Å². The monoisotopic (exact) mass is 423 g/mol. The average Bonchev–Trinajstić information content (AvgIpc) is 3.19. The number of anilines is 2. The second kappa shape index (κ2) is 9.20. The number of hydrogen-bond acceptors (Lipinski definition) is 7. The van der Waals surface area contributed by atoms with Crippen LogP contribution in [0.15, 0.2) is 36.4 Å². The van der Waals surface area contributed by atoms with Crippen molar-refractivity contribution in [3.8, 4) is 5.75 Å². The van der Waals surface area contributed by atoms with Crippen molar-refractivity contribution in [2.75, 3.05) is 43.1 Å². The summed E-state index contributed by atoms with van der Waals surface area (Å²) in [6, 6.07) is 12.2. The van der Waals surface area contributed by atoms with Gasteiger partial charge in [-0.3, -0.25) is 4.79 Å². The minimum Gasteiger partial charge on any atom is -0.497 e. The third kappa shape index (κ3) is 4.87. The molecular formula is C22H29N7O2. The van der Waals surface area contributed by atoms with Crippen LogP contribution in [0.25, 0.3) is 5.65 Å². The summed E-state index contributed by atoms with van der Waals surface area (Å²) in [6.45, 7) is 7.43. The third-order valence-corrected chi connectivity index (χ3v) is 5.36. The van der Waals surface area contributed by atoms with Gasteiger partial charge in [0.15, 0.2) is 11.5 Å². The Labute approximate surface area is 182 Å². The highest BCUT2D eigenvalue weighted by molar-refractivity contribution is 5.76. The Morgan fingerprint density at radius 3 is 2.61 bits per heavy atom. The minimum atomic E-state index is 0.0107. The zero-order chi connectivity index (χ0) is 21.8. The molecule has 1 aliphatic heterocycles. The number of rotatable bonds is 7. The highest BCUT2D eigenvalue weighted by Crippen LogP contribution is 2.23. The van der Waals surface area contributed by atoms with Gasteiger partial charge in [-0.25, -0.2) is 0 Å². The average molecular weight is 424 g/mol. The summed E-state index contributed by atoms with van der Waals surface area (Å²) in [5.41, 5.74) is 1.86. The van der Waals surface area contributed by atoms with Crippen LogP contribution in [0.1, 0.15) is 26.1 Å². The molecule has 2 aromatic heterocycles. The number of piperazine rings is 1. The molecule has 1 aromatic carbocycles. The molecule has 0 radical (unpaired) electrons. The van der Waals surface area contributed by atoms with Crippen LogP contribution in [-0.4, -0.2) is 65.0 Å². The van der Waals surface area contributed by atoms with Crippen molar-refractivity contribution in [1.82, 2.24) is 25.1 Å². The second-order valence-electron chi connectivity index (χ2n) is 7.98. The molecular weight excluding hydrogens is 394 g/mol. The first-order valence-corrected chi connectivity index (χ1v) is 10.7. The smallest absolute Gasteiger partial charge is 0.220 e. The molecule has 164 valence electrons. The van der Waals surface area contributed by atoms with E-state index in [0.29, 0.717) is 24.3 Å². The molecule has 1 amide bonds. The van der Waals surface area contributed by atoms with Gasteiger partial charge in [-0.05, 0) is 38.1 Å². The van der Waals surface area contributed by atoms with Gasteiger partial charge in [0, 0.05) is 56.8 Å². The number of methoxy groups -OCH3 is 1. The Morgan fingerprint density at radius 2 is 1.87 bits per heavy atom. The maximum absolute atomic E-state index is 12.0. The summed E-state index contributed by atoms with van der Waals surface area (Å²) in [5.74, 6) is 2.47. The van der Waals surface area contributed by atoms with E-state index < -0.39 is 0 Å². The molecule has 1 N–H and O–H groups in total. The van der Waals surface area contributed by atoms with Gasteiger partial charge in [-0.1, -0.05) is 6.07 Å². The first kappa shape index (κ1) is 20.9. The quantitative estimate of drug-likeness (QED) is 0.621. The summed E-state index contributed by atoms with van der Waals surface area (Å²) in [5, 5.41) is 16.1. The van der Waals surface area contributed by atoms with Crippen LogP contribution >= 0.6 is 0 Å². The molecule has 4 rings (SSSR count). The standard InChI is InChI=1S/C22H29N7O2/c1-16(2)23-22(30)10-9-20-25-24-19-7-8-21(26-29(19)20)28-13-11-27(12-14-28)17-5-4-6-18(15-17)31-3/h4-8,15-16H,9-14H2,1-3H3,(H,23,30). The van der Waals surface area contributed by atoms with E-state index in [1.54, 1.807) is 11.6 Å². The molecule has 9 nitrogen and oxygen atoms in total. The number of fused-ring (bicyclic) bond motifs is 1. The normalized spacial score (nSPS) is 14.3. The van der Waals surface area contributed by atoms with Crippen molar-refractivity contribution >= 4 is 23.1 Å². The van der Waals surface area contributed by atoms with E-state index >= 15 is 0 Å². The van der Waals surface area contributed by atoms with Crippen LogP contribution < -0.4 is 19.9 Å². The van der Waals surface area contributed by atoms with E-state index in [-0.39, 0.29) is 11.9 Å². The second-order valence-corrected chi connectivity index (χ2v) is 7.98. The van der Waals surface area contributed by atoms with Crippen LogP contribution in [0.4, 0.5) is 11.5 Å². The Morgan fingerprint density at radius 1 is 1.10 bits per heavy atom. The molecule has 0 unspecified atom stereocenters. The lowest BCUT2D eigenvalue weighted by Gasteiger charge is -2.36. The van der Waals surface area contributed by atoms with Crippen LogP contribution in [-0.2, 0) is 11.2 Å². The van der Waals surface area contributed by atoms with Crippen molar-refractivity contribution in [3.05, 3.63) is 42.2 Å². The molecule has 1 fully saturated rings. The van der Waals surface area contributed by atoms with Crippen molar-refractivity contribution in [3.63, 3.8) is 0 Å². The molecule has 3 heterocycles. The Hall–Kier alpha value is -3.36. The lowest BCUT2D eigenvalue weighted by molar-refractivity contribution is -0.121. The van der Waals surface area contributed by atoms with E-state index in [2.05, 4.69) is 37.4 Å². The number of benzene rings is 1. The fourth-order valence-corrected chi connectivity index (χ4v) is 3.77. The first-order chi connectivity index (χ1) is 15.0. The van der Waals surface area contributed by atoms with Gasteiger partial charge in [0.2, 0.25) is 5.91 Å². The summed E-state index contributed by atoms with van der Waals surface area (Å²) in [7, 11) is 1.69.